The summed E-state index contributed by atoms with van der Waals surface area (Å²) in [6.45, 7) is 1.15. The molecule has 5 rings (SSSR count). The van der Waals surface area contributed by atoms with E-state index in [2.05, 4.69) is 37.4 Å². The summed E-state index contributed by atoms with van der Waals surface area (Å²) in [4.78, 5) is 4.47. The number of anilines is 2. The highest BCUT2D eigenvalue weighted by Crippen LogP contribution is 2.40. The molecule has 0 amide bonds. The molecule has 0 saturated carbocycles. The van der Waals surface area contributed by atoms with E-state index in [1.165, 1.54) is 0 Å². The average Bonchev–Trinajstić information content (AvgIpc) is 3.05. The summed E-state index contributed by atoms with van der Waals surface area (Å²) in [5, 5.41) is 7.98. The molecule has 7 heteroatoms. The van der Waals surface area contributed by atoms with Crippen molar-refractivity contribution in [3.05, 3.63) is 59.2 Å². The number of aromatic nitrogens is 3. The summed E-state index contributed by atoms with van der Waals surface area (Å²) >= 11 is 3.75. The molecule has 140 valence electrons. The quantitative estimate of drug-likeness (QED) is 0.494. The second-order valence-corrected chi connectivity index (χ2v) is 7.29. The van der Waals surface area contributed by atoms with Crippen molar-refractivity contribution in [1.82, 2.24) is 14.8 Å². The highest BCUT2D eigenvalue weighted by molar-refractivity contribution is 9.10. The van der Waals surface area contributed by atoms with Gasteiger partial charge in [0.1, 0.15) is 18.7 Å². The van der Waals surface area contributed by atoms with Gasteiger partial charge in [0.2, 0.25) is 0 Å². The van der Waals surface area contributed by atoms with Gasteiger partial charge in [-0.2, -0.15) is 5.10 Å². The predicted octanol–water partition coefficient (Wildman–Crippen LogP) is 4.91. The molecule has 1 aliphatic rings. The van der Waals surface area contributed by atoms with Crippen molar-refractivity contribution in [2.75, 3.05) is 18.5 Å². The standard InChI is InChI=1S/C21H17BrN4O2/c1-26-16-6-3-9-23-20(16)21(25-26)24-15-5-2-4-14(19(15)22)13-7-8-17-18(12-13)28-11-10-27-17/h2-9,12H,10-11H2,1H3,(H,24,25). The van der Waals surface area contributed by atoms with Crippen LogP contribution in [0.2, 0.25) is 0 Å². The molecule has 1 aliphatic heterocycles. The summed E-state index contributed by atoms with van der Waals surface area (Å²) < 4.78 is 14.1. The van der Waals surface area contributed by atoms with Crippen molar-refractivity contribution in [3.63, 3.8) is 0 Å². The van der Waals surface area contributed by atoms with E-state index in [-0.39, 0.29) is 0 Å². The Morgan fingerprint density at radius 2 is 1.89 bits per heavy atom. The van der Waals surface area contributed by atoms with Crippen LogP contribution in [-0.2, 0) is 7.05 Å². The number of hydrogen-bond acceptors (Lipinski definition) is 5. The van der Waals surface area contributed by atoms with Gasteiger partial charge in [-0.15, -0.1) is 0 Å². The molecule has 0 saturated heterocycles. The minimum Gasteiger partial charge on any atom is -0.486 e. The number of pyridine rings is 1. The van der Waals surface area contributed by atoms with Gasteiger partial charge >= 0.3 is 0 Å². The third-order valence-electron chi connectivity index (χ3n) is 4.71. The van der Waals surface area contributed by atoms with Crippen LogP contribution in [0, 0.1) is 0 Å². The zero-order chi connectivity index (χ0) is 19.1. The van der Waals surface area contributed by atoms with E-state index in [0.29, 0.717) is 13.2 Å². The third-order valence-corrected chi connectivity index (χ3v) is 5.57. The van der Waals surface area contributed by atoms with Crippen molar-refractivity contribution in [1.29, 1.82) is 0 Å². The molecule has 1 N–H and O–H groups in total. The van der Waals surface area contributed by atoms with Crippen LogP contribution in [0.15, 0.2) is 59.2 Å². The second-order valence-electron chi connectivity index (χ2n) is 6.49. The van der Waals surface area contributed by atoms with Gasteiger partial charge in [-0.1, -0.05) is 18.2 Å². The summed E-state index contributed by atoms with van der Waals surface area (Å²) in [6, 6.07) is 16.0. The topological polar surface area (TPSA) is 61.2 Å². The lowest BCUT2D eigenvalue weighted by molar-refractivity contribution is 0.171. The summed E-state index contributed by atoms with van der Waals surface area (Å²) in [6.07, 6.45) is 1.77. The van der Waals surface area contributed by atoms with Gasteiger partial charge in [-0.3, -0.25) is 9.67 Å². The zero-order valence-electron chi connectivity index (χ0n) is 15.1. The molecular formula is C21H17BrN4O2. The summed E-state index contributed by atoms with van der Waals surface area (Å²) in [7, 11) is 1.91. The normalized spacial score (nSPS) is 12.9. The SMILES string of the molecule is Cn1nc(Nc2cccc(-c3ccc4c(c3)OCCO4)c2Br)c2ncccc21. The molecular weight excluding hydrogens is 420 g/mol. The van der Waals surface area contributed by atoms with Gasteiger partial charge in [0, 0.05) is 17.7 Å². The Morgan fingerprint density at radius 1 is 1.04 bits per heavy atom. The Morgan fingerprint density at radius 3 is 2.79 bits per heavy atom. The first-order valence-corrected chi connectivity index (χ1v) is 9.73. The van der Waals surface area contributed by atoms with Crippen molar-refractivity contribution < 1.29 is 9.47 Å². The van der Waals surface area contributed by atoms with Crippen LogP contribution in [-0.4, -0.2) is 28.0 Å². The third kappa shape index (κ3) is 2.88. The van der Waals surface area contributed by atoms with Gasteiger partial charge in [-0.25, -0.2) is 0 Å². The lowest BCUT2D eigenvalue weighted by Gasteiger charge is -2.19. The molecule has 0 fully saturated rings. The number of aryl methyl sites for hydroxylation is 1. The Hall–Kier alpha value is -3.06. The number of fused-ring (bicyclic) bond motifs is 2. The number of nitrogens with zero attached hydrogens (tertiary/aromatic N) is 3. The highest BCUT2D eigenvalue weighted by Gasteiger charge is 2.16. The molecule has 0 bridgehead atoms. The molecule has 0 unspecified atom stereocenters. The van der Waals surface area contributed by atoms with E-state index < -0.39 is 0 Å². The van der Waals surface area contributed by atoms with Gasteiger partial charge in [-0.05, 0) is 57.4 Å². The molecule has 2 aromatic heterocycles. The van der Waals surface area contributed by atoms with Gasteiger partial charge in [0.15, 0.2) is 17.3 Å². The van der Waals surface area contributed by atoms with E-state index >= 15 is 0 Å². The van der Waals surface area contributed by atoms with E-state index in [4.69, 9.17) is 9.47 Å². The van der Waals surface area contributed by atoms with E-state index in [1.807, 2.05) is 54.2 Å². The first-order chi connectivity index (χ1) is 13.7. The number of benzene rings is 2. The fourth-order valence-corrected chi connectivity index (χ4v) is 3.96. The number of rotatable bonds is 3. The largest absolute Gasteiger partial charge is 0.486 e. The minimum atomic E-state index is 0.568. The van der Waals surface area contributed by atoms with Crippen molar-refractivity contribution in [3.8, 4) is 22.6 Å². The maximum Gasteiger partial charge on any atom is 0.179 e. The predicted molar refractivity (Wildman–Crippen MR) is 112 cm³/mol. The minimum absolute atomic E-state index is 0.568. The zero-order valence-corrected chi connectivity index (χ0v) is 16.7. The summed E-state index contributed by atoms with van der Waals surface area (Å²) in [5.41, 5.74) is 4.82. The molecule has 0 radical (unpaired) electrons. The Balaban J connectivity index is 1.54. The fraction of sp³-hybridized carbons (Fsp3) is 0.143. The monoisotopic (exact) mass is 436 g/mol. The Kier molecular flexibility index (Phi) is 4.16. The molecule has 0 aliphatic carbocycles. The number of halogens is 1. The molecule has 4 aromatic rings. The molecule has 6 nitrogen and oxygen atoms in total. The van der Waals surface area contributed by atoms with E-state index in [9.17, 15) is 0 Å². The van der Waals surface area contributed by atoms with Gasteiger partial charge in [0.25, 0.3) is 0 Å². The molecule has 0 atom stereocenters. The van der Waals surface area contributed by atoms with E-state index in [1.54, 1.807) is 6.20 Å². The second kappa shape index (κ2) is 6.83. The van der Waals surface area contributed by atoms with Crippen LogP contribution < -0.4 is 14.8 Å². The first-order valence-electron chi connectivity index (χ1n) is 8.94. The maximum absolute atomic E-state index is 5.73. The first kappa shape index (κ1) is 17.1. The molecule has 0 spiro atoms. The van der Waals surface area contributed by atoms with Crippen LogP contribution in [0.3, 0.4) is 0 Å². The van der Waals surface area contributed by atoms with Crippen LogP contribution in [0.5, 0.6) is 11.5 Å². The lowest BCUT2D eigenvalue weighted by Crippen LogP contribution is -2.15. The fourth-order valence-electron chi connectivity index (χ4n) is 3.37. The molecule has 2 aromatic carbocycles. The highest BCUT2D eigenvalue weighted by atomic mass is 79.9. The van der Waals surface area contributed by atoms with Crippen LogP contribution in [0.1, 0.15) is 0 Å². The summed E-state index contributed by atoms with van der Waals surface area (Å²) in [5.74, 6) is 2.28. The maximum atomic E-state index is 5.73. The van der Waals surface area contributed by atoms with E-state index in [0.717, 1.165) is 49.6 Å². The lowest BCUT2D eigenvalue weighted by atomic mass is 10.0. The molecule has 3 heterocycles. The van der Waals surface area contributed by atoms with Gasteiger partial charge < -0.3 is 14.8 Å². The molecule has 28 heavy (non-hydrogen) atoms. The number of nitrogens with one attached hydrogen (secondary N) is 1. The Labute approximate surface area is 170 Å². The number of ether oxygens (including phenoxy) is 2. The van der Waals surface area contributed by atoms with Crippen LogP contribution in [0.4, 0.5) is 11.5 Å². The smallest absolute Gasteiger partial charge is 0.179 e. The number of hydrogen-bond donors (Lipinski definition) is 1. The Bertz CT molecular complexity index is 1190. The average molecular weight is 437 g/mol. The van der Waals surface area contributed by atoms with Gasteiger partial charge in [0.05, 0.1) is 11.2 Å². The van der Waals surface area contributed by atoms with Crippen LogP contribution in [0.25, 0.3) is 22.2 Å². The van der Waals surface area contributed by atoms with Crippen molar-refractivity contribution >= 4 is 38.5 Å². The van der Waals surface area contributed by atoms with Crippen LogP contribution >= 0.6 is 15.9 Å². The van der Waals surface area contributed by atoms with Crippen molar-refractivity contribution in [2.24, 2.45) is 7.05 Å². The van der Waals surface area contributed by atoms with Crippen molar-refractivity contribution in [2.45, 2.75) is 0 Å².